The number of aryl methyl sites for hydroxylation is 1. The molecule has 0 aliphatic rings. The van der Waals surface area contributed by atoms with Crippen molar-refractivity contribution in [2.75, 3.05) is 26.9 Å². The molecule has 0 radical (unpaired) electrons. The quantitative estimate of drug-likeness (QED) is 0.271. The highest BCUT2D eigenvalue weighted by Gasteiger charge is 2.14. The van der Waals surface area contributed by atoms with Gasteiger partial charge in [0.1, 0.15) is 18.1 Å². The van der Waals surface area contributed by atoms with Crippen molar-refractivity contribution in [1.29, 1.82) is 0 Å². The normalized spacial score (nSPS) is 10.2. The van der Waals surface area contributed by atoms with Crippen molar-refractivity contribution in [2.24, 2.45) is 0 Å². The third-order valence-electron chi connectivity index (χ3n) is 3.98. The van der Waals surface area contributed by atoms with Gasteiger partial charge in [-0.1, -0.05) is 25.1 Å². The minimum atomic E-state index is -0.476. The molecule has 3 N–H and O–H groups in total. The molecule has 31 heavy (non-hydrogen) atoms. The molecule has 0 fully saturated rings. The standard InChI is InChI=1S/C21H24BrN3O5S/c1-3-14-8-9-18(16(22)12-14)30-13-19(26)24-25-21(31)23-20(27)15-6-4-5-7-17(15)29-11-10-28-2/h4-9,12H,3,10-11,13H2,1-2H3,(H,24,26)(H2,23,25,27,31). The molecule has 0 bridgehead atoms. The van der Waals surface area contributed by atoms with E-state index in [1.807, 2.05) is 12.1 Å². The van der Waals surface area contributed by atoms with Gasteiger partial charge < -0.3 is 14.2 Å². The highest BCUT2D eigenvalue weighted by atomic mass is 79.9. The van der Waals surface area contributed by atoms with Crippen molar-refractivity contribution < 1.29 is 23.8 Å². The van der Waals surface area contributed by atoms with Gasteiger partial charge in [0.25, 0.3) is 11.8 Å². The van der Waals surface area contributed by atoms with Gasteiger partial charge in [-0.25, -0.2) is 0 Å². The maximum absolute atomic E-state index is 12.5. The number of amides is 2. The third kappa shape index (κ3) is 8.16. The van der Waals surface area contributed by atoms with Crippen LogP contribution in [0, 0.1) is 0 Å². The summed E-state index contributed by atoms with van der Waals surface area (Å²) in [6.45, 7) is 2.51. The lowest BCUT2D eigenvalue weighted by Crippen LogP contribution is -2.49. The SMILES string of the molecule is CCc1ccc(OCC(=O)NNC(=S)NC(=O)c2ccccc2OCCOC)c(Br)c1. The van der Waals surface area contributed by atoms with Crippen LogP contribution < -0.4 is 25.6 Å². The molecule has 0 heterocycles. The second kappa shape index (κ2) is 12.9. The smallest absolute Gasteiger partial charge is 0.276 e. The Morgan fingerprint density at radius 3 is 2.52 bits per heavy atom. The van der Waals surface area contributed by atoms with Crippen LogP contribution in [0.5, 0.6) is 11.5 Å². The van der Waals surface area contributed by atoms with Gasteiger partial charge in [0.05, 0.1) is 16.6 Å². The number of ether oxygens (including phenoxy) is 3. The van der Waals surface area contributed by atoms with E-state index in [2.05, 4.69) is 39.0 Å². The highest BCUT2D eigenvalue weighted by molar-refractivity contribution is 9.10. The molecule has 10 heteroatoms. The predicted octanol–water partition coefficient (Wildman–Crippen LogP) is 2.75. The molecule has 166 valence electrons. The Kier molecular flexibility index (Phi) is 10.2. The molecule has 2 aromatic rings. The van der Waals surface area contributed by atoms with Crippen LogP contribution in [0.1, 0.15) is 22.8 Å². The summed E-state index contributed by atoms with van der Waals surface area (Å²) in [5.74, 6) is 0.00703. The number of para-hydroxylation sites is 1. The van der Waals surface area contributed by atoms with Crippen LogP contribution in [0.25, 0.3) is 0 Å². The summed E-state index contributed by atoms with van der Waals surface area (Å²) in [6, 6.07) is 12.4. The summed E-state index contributed by atoms with van der Waals surface area (Å²) in [6.07, 6.45) is 0.899. The first kappa shape index (κ1) is 24.6. The summed E-state index contributed by atoms with van der Waals surface area (Å²) in [4.78, 5) is 24.5. The van der Waals surface area contributed by atoms with Crippen molar-refractivity contribution in [1.82, 2.24) is 16.2 Å². The first-order chi connectivity index (χ1) is 14.9. The number of thiocarbonyl (C=S) groups is 1. The molecule has 2 aromatic carbocycles. The van der Waals surface area contributed by atoms with Crippen molar-refractivity contribution in [3.8, 4) is 11.5 Å². The maximum atomic E-state index is 12.5. The number of hydrogen-bond donors (Lipinski definition) is 3. The first-order valence-corrected chi connectivity index (χ1v) is 10.7. The van der Waals surface area contributed by atoms with Crippen molar-refractivity contribution in [3.63, 3.8) is 0 Å². The molecule has 0 aliphatic heterocycles. The van der Waals surface area contributed by atoms with E-state index in [0.717, 1.165) is 16.5 Å². The Morgan fingerprint density at radius 2 is 1.81 bits per heavy atom. The van der Waals surface area contributed by atoms with Gasteiger partial charge in [0.2, 0.25) is 0 Å². The zero-order valence-electron chi connectivity index (χ0n) is 17.2. The molecule has 2 amide bonds. The van der Waals surface area contributed by atoms with Gasteiger partial charge in [-0.05, 0) is 64.4 Å². The average molecular weight is 510 g/mol. The molecular weight excluding hydrogens is 486 g/mol. The van der Waals surface area contributed by atoms with Gasteiger partial charge in [-0.3, -0.25) is 25.8 Å². The summed E-state index contributed by atoms with van der Waals surface area (Å²) in [5, 5.41) is 2.41. The fourth-order valence-corrected chi connectivity index (χ4v) is 3.09. The van der Waals surface area contributed by atoms with Crippen LogP contribution in [0.3, 0.4) is 0 Å². The molecule has 8 nitrogen and oxygen atoms in total. The summed E-state index contributed by atoms with van der Waals surface area (Å²) < 4.78 is 16.7. The molecule has 0 saturated carbocycles. The van der Waals surface area contributed by atoms with E-state index >= 15 is 0 Å². The maximum Gasteiger partial charge on any atom is 0.276 e. The predicted molar refractivity (Wildman–Crippen MR) is 124 cm³/mol. The van der Waals surface area contributed by atoms with Crippen molar-refractivity contribution in [3.05, 3.63) is 58.1 Å². The Morgan fingerprint density at radius 1 is 1.03 bits per heavy atom. The second-order valence-corrected chi connectivity index (χ2v) is 7.46. The number of nitrogens with one attached hydrogen (secondary N) is 3. The molecule has 0 unspecified atom stereocenters. The zero-order chi connectivity index (χ0) is 22.6. The molecule has 0 aromatic heterocycles. The number of benzene rings is 2. The average Bonchev–Trinajstić information content (AvgIpc) is 2.77. The fraction of sp³-hybridized carbons (Fsp3) is 0.286. The van der Waals surface area contributed by atoms with E-state index in [1.54, 1.807) is 37.4 Å². The fourth-order valence-electron chi connectivity index (χ4n) is 2.40. The Labute approximate surface area is 194 Å². The molecule has 0 aliphatic carbocycles. The first-order valence-electron chi connectivity index (χ1n) is 9.46. The summed E-state index contributed by atoms with van der Waals surface area (Å²) in [7, 11) is 1.56. The number of hydrazine groups is 1. The van der Waals surface area contributed by atoms with Crippen molar-refractivity contribution in [2.45, 2.75) is 13.3 Å². The van der Waals surface area contributed by atoms with Gasteiger partial charge in [-0.2, -0.15) is 0 Å². The van der Waals surface area contributed by atoms with Gasteiger partial charge in [0.15, 0.2) is 11.7 Å². The van der Waals surface area contributed by atoms with Crippen LogP contribution in [0.2, 0.25) is 0 Å². The van der Waals surface area contributed by atoms with E-state index in [-0.39, 0.29) is 11.7 Å². The lowest BCUT2D eigenvalue weighted by atomic mass is 10.2. The van der Waals surface area contributed by atoms with E-state index in [9.17, 15) is 9.59 Å². The number of methoxy groups -OCH3 is 1. The third-order valence-corrected chi connectivity index (χ3v) is 4.81. The number of rotatable bonds is 9. The van der Waals surface area contributed by atoms with Gasteiger partial charge in [-0.15, -0.1) is 0 Å². The zero-order valence-corrected chi connectivity index (χ0v) is 19.6. The molecular formula is C21H24BrN3O5S. The Balaban J connectivity index is 1.80. The molecule has 2 rings (SSSR count). The minimum Gasteiger partial charge on any atom is -0.490 e. The largest absolute Gasteiger partial charge is 0.490 e. The lowest BCUT2D eigenvalue weighted by Gasteiger charge is -2.14. The van der Waals surface area contributed by atoms with E-state index < -0.39 is 11.8 Å². The number of carbonyl (C=O) groups is 2. The molecule has 0 saturated heterocycles. The van der Waals surface area contributed by atoms with E-state index in [1.165, 1.54) is 0 Å². The monoisotopic (exact) mass is 509 g/mol. The van der Waals surface area contributed by atoms with Crippen LogP contribution in [0.4, 0.5) is 0 Å². The number of carbonyl (C=O) groups excluding carboxylic acids is 2. The number of halogens is 1. The lowest BCUT2D eigenvalue weighted by molar-refractivity contribution is -0.123. The second-order valence-electron chi connectivity index (χ2n) is 6.20. The van der Waals surface area contributed by atoms with Crippen LogP contribution in [-0.2, 0) is 16.0 Å². The molecule has 0 spiro atoms. The minimum absolute atomic E-state index is 0.0708. The van der Waals surface area contributed by atoms with Crippen LogP contribution >= 0.6 is 28.1 Å². The van der Waals surface area contributed by atoms with E-state index in [4.69, 9.17) is 26.4 Å². The molecule has 0 atom stereocenters. The topological polar surface area (TPSA) is 97.9 Å². The highest BCUT2D eigenvalue weighted by Crippen LogP contribution is 2.26. The van der Waals surface area contributed by atoms with Gasteiger partial charge >= 0.3 is 0 Å². The summed E-state index contributed by atoms with van der Waals surface area (Å²) in [5.41, 5.74) is 6.30. The Bertz CT molecular complexity index is 926. The summed E-state index contributed by atoms with van der Waals surface area (Å²) >= 11 is 8.47. The van der Waals surface area contributed by atoms with E-state index in [0.29, 0.717) is 30.3 Å². The van der Waals surface area contributed by atoms with Gasteiger partial charge in [0, 0.05) is 7.11 Å². The van der Waals surface area contributed by atoms with Crippen LogP contribution in [0.15, 0.2) is 46.9 Å². The Hall–Kier alpha value is -2.69. The number of hydrogen-bond acceptors (Lipinski definition) is 6. The van der Waals surface area contributed by atoms with Crippen LogP contribution in [-0.4, -0.2) is 43.9 Å². The van der Waals surface area contributed by atoms with Crippen molar-refractivity contribution >= 4 is 45.1 Å².